The number of aryl methyl sites for hydroxylation is 1. The first-order valence-electron chi connectivity index (χ1n) is 10.2. The molecule has 3 aromatic rings. The third-order valence-electron chi connectivity index (χ3n) is 5.98. The number of carbonyl (C=O) groups excluding carboxylic acids is 1. The van der Waals surface area contributed by atoms with Gasteiger partial charge in [-0.25, -0.2) is 0 Å². The van der Waals surface area contributed by atoms with Crippen molar-refractivity contribution in [3.63, 3.8) is 0 Å². The van der Waals surface area contributed by atoms with Crippen LogP contribution in [0.25, 0.3) is 10.9 Å². The van der Waals surface area contributed by atoms with Crippen molar-refractivity contribution in [2.24, 2.45) is 0 Å². The predicted molar refractivity (Wildman–Crippen MR) is 115 cm³/mol. The van der Waals surface area contributed by atoms with E-state index in [9.17, 15) is 4.79 Å². The van der Waals surface area contributed by atoms with Gasteiger partial charge in [-0.15, -0.1) is 0 Å². The summed E-state index contributed by atoms with van der Waals surface area (Å²) in [5.41, 5.74) is 3.67. The van der Waals surface area contributed by atoms with Crippen molar-refractivity contribution in [1.82, 2.24) is 9.88 Å². The minimum absolute atomic E-state index is 0.233. The van der Waals surface area contributed by atoms with Gasteiger partial charge >= 0.3 is 0 Å². The first-order valence-corrected chi connectivity index (χ1v) is 10.2. The van der Waals surface area contributed by atoms with Crippen molar-refractivity contribution in [2.45, 2.75) is 31.6 Å². The number of nitrogens with one attached hydrogen (secondary N) is 1. The molecule has 1 aliphatic heterocycles. The van der Waals surface area contributed by atoms with Crippen molar-refractivity contribution in [3.8, 4) is 11.5 Å². The smallest absolute Gasteiger partial charge is 0.222 e. The summed E-state index contributed by atoms with van der Waals surface area (Å²) in [6.45, 7) is 1.66. The fraction of sp³-hybridized carbons (Fsp3) is 0.375. The number of ether oxygens (including phenoxy) is 2. The van der Waals surface area contributed by atoms with Crippen LogP contribution in [-0.4, -0.2) is 43.1 Å². The van der Waals surface area contributed by atoms with Crippen molar-refractivity contribution in [3.05, 3.63) is 59.8 Å². The van der Waals surface area contributed by atoms with Gasteiger partial charge in [0.05, 0.1) is 14.2 Å². The molecule has 0 radical (unpaired) electrons. The summed E-state index contributed by atoms with van der Waals surface area (Å²) >= 11 is 0. The number of nitrogens with zero attached hydrogens (tertiary/aromatic N) is 1. The molecule has 0 unspecified atom stereocenters. The quantitative estimate of drug-likeness (QED) is 0.671. The Morgan fingerprint density at radius 1 is 1.07 bits per heavy atom. The van der Waals surface area contributed by atoms with Gasteiger partial charge in [-0.1, -0.05) is 24.3 Å². The molecule has 2 heterocycles. The zero-order valence-electron chi connectivity index (χ0n) is 17.1. The second-order valence-corrected chi connectivity index (χ2v) is 7.63. The number of hydrogen-bond donors (Lipinski definition) is 1. The molecule has 5 heteroatoms. The summed E-state index contributed by atoms with van der Waals surface area (Å²) in [7, 11) is 3.26. The number of amides is 1. The highest BCUT2D eigenvalue weighted by atomic mass is 16.5. The summed E-state index contributed by atoms with van der Waals surface area (Å²) in [4.78, 5) is 18.1. The number of aromatic amines is 1. The van der Waals surface area contributed by atoms with Crippen LogP contribution in [0.3, 0.4) is 0 Å². The Labute approximate surface area is 171 Å². The molecule has 0 aliphatic carbocycles. The number of piperidine rings is 1. The van der Waals surface area contributed by atoms with Crippen LogP contribution in [-0.2, 0) is 11.2 Å². The number of fused-ring (bicyclic) bond motifs is 1. The molecule has 0 atom stereocenters. The summed E-state index contributed by atoms with van der Waals surface area (Å²) in [6.07, 6.45) is 5.41. The Morgan fingerprint density at radius 2 is 1.83 bits per heavy atom. The third-order valence-corrected chi connectivity index (χ3v) is 5.98. The molecule has 0 saturated carbocycles. The molecule has 2 aromatic carbocycles. The summed E-state index contributed by atoms with van der Waals surface area (Å²) < 4.78 is 10.6. The van der Waals surface area contributed by atoms with E-state index in [-0.39, 0.29) is 5.91 Å². The number of benzene rings is 2. The highest BCUT2D eigenvalue weighted by Gasteiger charge is 2.25. The van der Waals surface area contributed by atoms with Crippen LogP contribution in [0.4, 0.5) is 0 Å². The van der Waals surface area contributed by atoms with Gasteiger partial charge in [-0.3, -0.25) is 4.79 Å². The lowest BCUT2D eigenvalue weighted by atomic mass is 9.89. The van der Waals surface area contributed by atoms with Crippen LogP contribution in [0.2, 0.25) is 0 Å². The Balaban J connectivity index is 1.32. The second-order valence-electron chi connectivity index (χ2n) is 7.63. The highest BCUT2D eigenvalue weighted by Crippen LogP contribution is 2.33. The highest BCUT2D eigenvalue weighted by molar-refractivity contribution is 5.83. The standard InChI is InChI=1S/C24H28N2O3/c1-28-22-9-7-17(15-23(22)29-2)8-10-24(27)26-13-11-18(12-14-26)20-16-25-21-6-4-3-5-19(20)21/h3-7,9,15-16,18,25H,8,10-14H2,1-2H3. The number of aromatic nitrogens is 1. The monoisotopic (exact) mass is 392 g/mol. The second kappa shape index (κ2) is 8.60. The van der Waals surface area contributed by atoms with E-state index in [1.807, 2.05) is 23.1 Å². The van der Waals surface area contributed by atoms with Gasteiger partial charge in [-0.2, -0.15) is 0 Å². The molecule has 29 heavy (non-hydrogen) atoms. The van der Waals surface area contributed by atoms with E-state index in [0.717, 1.165) is 31.5 Å². The maximum absolute atomic E-state index is 12.7. The predicted octanol–water partition coefficient (Wildman–Crippen LogP) is 4.52. The Hall–Kier alpha value is -2.95. The zero-order valence-corrected chi connectivity index (χ0v) is 17.1. The van der Waals surface area contributed by atoms with Gasteiger partial charge in [0.2, 0.25) is 5.91 Å². The van der Waals surface area contributed by atoms with E-state index < -0.39 is 0 Å². The number of carbonyl (C=O) groups is 1. The van der Waals surface area contributed by atoms with E-state index in [2.05, 4.69) is 35.4 Å². The number of likely N-dealkylation sites (tertiary alicyclic amines) is 1. The molecule has 4 rings (SSSR count). The Kier molecular flexibility index (Phi) is 5.74. The molecule has 1 fully saturated rings. The van der Waals surface area contributed by atoms with Gasteiger partial charge in [0, 0.05) is 36.6 Å². The molecule has 1 N–H and O–H groups in total. The van der Waals surface area contributed by atoms with E-state index >= 15 is 0 Å². The van der Waals surface area contributed by atoms with Crippen LogP contribution in [0.5, 0.6) is 11.5 Å². The normalized spacial score (nSPS) is 14.9. The molecule has 1 aliphatic rings. The van der Waals surface area contributed by atoms with Crippen molar-refractivity contribution < 1.29 is 14.3 Å². The average Bonchev–Trinajstić information content (AvgIpc) is 3.21. The van der Waals surface area contributed by atoms with Crippen LogP contribution >= 0.6 is 0 Å². The van der Waals surface area contributed by atoms with Gasteiger partial charge in [0.25, 0.3) is 0 Å². The fourth-order valence-electron chi connectivity index (χ4n) is 4.32. The fourth-order valence-corrected chi connectivity index (χ4v) is 4.32. The van der Waals surface area contributed by atoms with E-state index in [1.54, 1.807) is 14.2 Å². The molecule has 152 valence electrons. The van der Waals surface area contributed by atoms with Gasteiger partial charge in [0.15, 0.2) is 11.5 Å². The SMILES string of the molecule is COc1ccc(CCC(=O)N2CCC(c3c[nH]c4ccccc34)CC2)cc1OC. The van der Waals surface area contributed by atoms with Crippen molar-refractivity contribution in [1.29, 1.82) is 0 Å². The zero-order chi connectivity index (χ0) is 20.2. The van der Waals surface area contributed by atoms with Crippen molar-refractivity contribution >= 4 is 16.8 Å². The van der Waals surface area contributed by atoms with Crippen LogP contribution in [0.1, 0.15) is 36.3 Å². The van der Waals surface area contributed by atoms with Gasteiger partial charge in [-0.05, 0) is 54.5 Å². The molecule has 1 saturated heterocycles. The first-order chi connectivity index (χ1) is 14.2. The Bertz CT molecular complexity index is 987. The van der Waals surface area contributed by atoms with Crippen LogP contribution < -0.4 is 9.47 Å². The van der Waals surface area contributed by atoms with E-state index in [0.29, 0.717) is 30.3 Å². The molecule has 0 spiro atoms. The average molecular weight is 392 g/mol. The lowest BCUT2D eigenvalue weighted by Crippen LogP contribution is -2.38. The minimum Gasteiger partial charge on any atom is -0.493 e. The molecule has 1 amide bonds. The molecule has 0 bridgehead atoms. The number of hydrogen-bond acceptors (Lipinski definition) is 3. The summed E-state index contributed by atoms with van der Waals surface area (Å²) in [5, 5.41) is 1.31. The maximum atomic E-state index is 12.7. The largest absolute Gasteiger partial charge is 0.493 e. The third kappa shape index (κ3) is 4.09. The van der Waals surface area contributed by atoms with E-state index in [1.165, 1.54) is 16.5 Å². The summed E-state index contributed by atoms with van der Waals surface area (Å²) in [6, 6.07) is 14.3. The van der Waals surface area contributed by atoms with Gasteiger partial charge < -0.3 is 19.4 Å². The number of rotatable bonds is 6. The first kappa shape index (κ1) is 19.4. The molecular formula is C24H28N2O3. The van der Waals surface area contributed by atoms with Crippen molar-refractivity contribution in [2.75, 3.05) is 27.3 Å². The number of H-pyrrole nitrogens is 1. The number of methoxy groups -OCH3 is 2. The van der Waals surface area contributed by atoms with Crippen LogP contribution in [0, 0.1) is 0 Å². The minimum atomic E-state index is 0.233. The Morgan fingerprint density at radius 3 is 2.59 bits per heavy atom. The number of para-hydroxylation sites is 1. The lowest BCUT2D eigenvalue weighted by molar-refractivity contribution is -0.132. The topological polar surface area (TPSA) is 54.6 Å². The van der Waals surface area contributed by atoms with Gasteiger partial charge in [0.1, 0.15) is 0 Å². The maximum Gasteiger partial charge on any atom is 0.222 e. The molecule has 5 nitrogen and oxygen atoms in total. The molecular weight excluding hydrogens is 364 g/mol. The summed E-state index contributed by atoms with van der Waals surface area (Å²) in [5.74, 6) is 2.16. The van der Waals surface area contributed by atoms with Crippen LogP contribution in [0.15, 0.2) is 48.7 Å². The molecule has 1 aromatic heterocycles. The lowest BCUT2D eigenvalue weighted by Gasteiger charge is -2.32. The van der Waals surface area contributed by atoms with E-state index in [4.69, 9.17) is 9.47 Å².